The molecule has 0 radical (unpaired) electrons. The number of rotatable bonds is 8. The van der Waals surface area contributed by atoms with Crippen LogP contribution in [0.3, 0.4) is 0 Å². The molecule has 0 saturated heterocycles. The highest BCUT2D eigenvalue weighted by molar-refractivity contribution is 5.94. The molecular formula is C13H18N2O6. The summed E-state index contributed by atoms with van der Waals surface area (Å²) < 4.78 is 5.04. The van der Waals surface area contributed by atoms with E-state index in [1.165, 1.54) is 24.3 Å². The Kier molecular flexibility index (Phi) is 6.10. The summed E-state index contributed by atoms with van der Waals surface area (Å²) in [5.41, 5.74) is 3.68. The number of nitrogens with two attached hydrogens (primary N) is 1. The summed E-state index contributed by atoms with van der Waals surface area (Å²) in [5, 5.41) is 29.8. The minimum Gasteiger partial charge on any atom is -0.484 e. The first-order valence-electron chi connectivity index (χ1n) is 6.12. The van der Waals surface area contributed by atoms with Gasteiger partial charge in [-0.15, -0.1) is 0 Å². The molecule has 0 aliphatic rings. The van der Waals surface area contributed by atoms with Crippen LogP contribution in [0.1, 0.15) is 10.4 Å². The van der Waals surface area contributed by atoms with E-state index in [1.807, 2.05) is 0 Å². The molecule has 6 N–H and O–H groups in total. The van der Waals surface area contributed by atoms with Crippen molar-refractivity contribution < 1.29 is 29.6 Å². The molecule has 21 heavy (non-hydrogen) atoms. The van der Waals surface area contributed by atoms with Crippen LogP contribution in [0, 0.1) is 0 Å². The fraction of sp³-hybridized carbons (Fsp3) is 0.385. The van der Waals surface area contributed by atoms with E-state index in [2.05, 4.69) is 5.32 Å². The van der Waals surface area contributed by atoms with Gasteiger partial charge in [0.25, 0.3) is 11.8 Å². The van der Waals surface area contributed by atoms with Gasteiger partial charge in [-0.2, -0.15) is 0 Å². The van der Waals surface area contributed by atoms with Crippen LogP contribution >= 0.6 is 0 Å². The summed E-state index contributed by atoms with van der Waals surface area (Å²) in [7, 11) is 0. The van der Waals surface area contributed by atoms with Crippen molar-refractivity contribution in [2.45, 2.75) is 5.54 Å². The molecule has 0 aromatic heterocycles. The Morgan fingerprint density at radius 3 is 2.05 bits per heavy atom. The maximum absolute atomic E-state index is 12.0. The number of ether oxygens (including phenoxy) is 1. The van der Waals surface area contributed by atoms with Crippen LogP contribution in [0.5, 0.6) is 5.75 Å². The highest BCUT2D eigenvalue weighted by Crippen LogP contribution is 2.13. The summed E-state index contributed by atoms with van der Waals surface area (Å²) in [6.07, 6.45) is 0. The van der Waals surface area contributed by atoms with Gasteiger partial charge in [0.1, 0.15) is 11.3 Å². The Hall–Kier alpha value is -2.16. The van der Waals surface area contributed by atoms with Gasteiger partial charge in [-0.3, -0.25) is 9.59 Å². The highest BCUT2D eigenvalue weighted by Gasteiger charge is 2.30. The van der Waals surface area contributed by atoms with Crippen LogP contribution < -0.4 is 15.8 Å². The molecule has 0 bridgehead atoms. The number of hydrogen-bond acceptors (Lipinski definition) is 6. The topological polar surface area (TPSA) is 142 Å². The fourth-order valence-electron chi connectivity index (χ4n) is 1.44. The maximum Gasteiger partial charge on any atom is 0.255 e. The maximum atomic E-state index is 12.0. The lowest BCUT2D eigenvalue weighted by atomic mass is 10.0. The number of benzene rings is 1. The van der Waals surface area contributed by atoms with Gasteiger partial charge in [0, 0.05) is 5.56 Å². The number of primary amides is 1. The Bertz CT molecular complexity index is 476. The SMILES string of the molecule is NC(=O)COc1ccc(C(=O)NC(CO)(CO)CO)cc1. The molecule has 1 rings (SSSR count). The van der Waals surface area contributed by atoms with Gasteiger partial charge in [-0.05, 0) is 24.3 Å². The second-order valence-electron chi connectivity index (χ2n) is 4.49. The van der Waals surface area contributed by atoms with Gasteiger partial charge in [0.2, 0.25) is 0 Å². The Labute approximate surface area is 121 Å². The summed E-state index contributed by atoms with van der Waals surface area (Å²) in [4.78, 5) is 22.5. The molecule has 0 aliphatic carbocycles. The van der Waals surface area contributed by atoms with Gasteiger partial charge in [-0.1, -0.05) is 0 Å². The molecule has 0 heterocycles. The summed E-state index contributed by atoms with van der Waals surface area (Å²) in [6.45, 7) is -2.09. The van der Waals surface area contributed by atoms with Gasteiger partial charge in [0.05, 0.1) is 19.8 Å². The van der Waals surface area contributed by atoms with Crippen molar-refractivity contribution in [3.8, 4) is 5.75 Å². The molecule has 0 unspecified atom stereocenters. The summed E-state index contributed by atoms with van der Waals surface area (Å²) >= 11 is 0. The first kappa shape index (κ1) is 16.9. The van der Waals surface area contributed by atoms with Gasteiger partial charge >= 0.3 is 0 Å². The number of carbonyl (C=O) groups excluding carboxylic acids is 2. The Balaban J connectivity index is 2.73. The quantitative estimate of drug-likeness (QED) is 0.375. The number of aliphatic hydroxyl groups is 3. The van der Waals surface area contributed by atoms with Crippen LogP contribution in [0.2, 0.25) is 0 Å². The summed E-state index contributed by atoms with van der Waals surface area (Å²) in [6, 6.07) is 5.80. The lowest BCUT2D eigenvalue weighted by molar-refractivity contribution is -0.119. The van der Waals surface area contributed by atoms with E-state index in [0.717, 1.165) is 0 Å². The molecule has 1 aromatic carbocycles. The van der Waals surface area contributed by atoms with Crippen LogP contribution in [-0.2, 0) is 4.79 Å². The molecule has 2 amide bonds. The first-order chi connectivity index (χ1) is 9.96. The molecule has 0 fully saturated rings. The zero-order chi connectivity index (χ0) is 15.9. The molecule has 0 spiro atoms. The van der Waals surface area contributed by atoms with Crippen molar-refractivity contribution in [1.82, 2.24) is 5.32 Å². The smallest absolute Gasteiger partial charge is 0.255 e. The molecule has 0 aliphatic heterocycles. The molecular weight excluding hydrogens is 280 g/mol. The largest absolute Gasteiger partial charge is 0.484 e. The minimum absolute atomic E-state index is 0.237. The molecule has 116 valence electrons. The van der Waals surface area contributed by atoms with E-state index >= 15 is 0 Å². The Morgan fingerprint density at radius 2 is 1.62 bits per heavy atom. The number of carbonyl (C=O) groups is 2. The highest BCUT2D eigenvalue weighted by atomic mass is 16.5. The van der Waals surface area contributed by atoms with E-state index in [4.69, 9.17) is 25.8 Å². The minimum atomic E-state index is -1.49. The van der Waals surface area contributed by atoms with Crippen LogP contribution in [-0.4, -0.2) is 59.1 Å². The third-order valence-corrected chi connectivity index (χ3v) is 2.78. The molecule has 8 nitrogen and oxygen atoms in total. The van der Waals surface area contributed by atoms with E-state index in [0.29, 0.717) is 5.75 Å². The van der Waals surface area contributed by atoms with E-state index in [9.17, 15) is 9.59 Å². The average molecular weight is 298 g/mol. The molecule has 1 aromatic rings. The van der Waals surface area contributed by atoms with E-state index < -0.39 is 37.2 Å². The van der Waals surface area contributed by atoms with Gasteiger partial charge in [0.15, 0.2) is 6.61 Å². The van der Waals surface area contributed by atoms with Crippen LogP contribution in [0.4, 0.5) is 0 Å². The second-order valence-corrected chi connectivity index (χ2v) is 4.49. The Morgan fingerprint density at radius 1 is 1.10 bits per heavy atom. The van der Waals surface area contributed by atoms with Gasteiger partial charge < -0.3 is 31.1 Å². The van der Waals surface area contributed by atoms with Crippen molar-refractivity contribution in [2.24, 2.45) is 5.73 Å². The van der Waals surface area contributed by atoms with Crippen molar-refractivity contribution >= 4 is 11.8 Å². The molecule has 8 heteroatoms. The monoisotopic (exact) mass is 298 g/mol. The van der Waals surface area contributed by atoms with Crippen LogP contribution in [0.25, 0.3) is 0 Å². The second kappa shape index (κ2) is 7.58. The van der Waals surface area contributed by atoms with Crippen molar-refractivity contribution in [2.75, 3.05) is 26.4 Å². The lowest BCUT2D eigenvalue weighted by Crippen LogP contribution is -2.57. The number of nitrogens with one attached hydrogen (secondary N) is 1. The summed E-state index contributed by atoms with van der Waals surface area (Å²) in [5.74, 6) is -0.827. The standard InChI is InChI=1S/C13H18N2O6/c14-11(19)5-21-10-3-1-9(2-4-10)12(20)15-13(6-16,7-17)8-18/h1-4,16-18H,5-8H2,(H2,14,19)(H,15,20). The number of hydrogen-bond donors (Lipinski definition) is 5. The van der Waals surface area contributed by atoms with E-state index in [-0.39, 0.29) is 12.2 Å². The van der Waals surface area contributed by atoms with Crippen molar-refractivity contribution in [1.29, 1.82) is 0 Å². The predicted octanol–water partition coefficient (Wildman–Crippen LogP) is -2.00. The average Bonchev–Trinajstić information content (AvgIpc) is 2.51. The molecule has 0 atom stereocenters. The zero-order valence-electron chi connectivity index (χ0n) is 11.3. The third-order valence-electron chi connectivity index (χ3n) is 2.78. The first-order valence-corrected chi connectivity index (χ1v) is 6.12. The van der Waals surface area contributed by atoms with Gasteiger partial charge in [-0.25, -0.2) is 0 Å². The third kappa shape index (κ3) is 4.71. The lowest BCUT2D eigenvalue weighted by Gasteiger charge is -2.28. The zero-order valence-corrected chi connectivity index (χ0v) is 11.3. The molecule has 0 saturated carbocycles. The number of aliphatic hydroxyl groups excluding tert-OH is 3. The predicted molar refractivity (Wildman–Crippen MR) is 72.6 cm³/mol. The number of amides is 2. The van der Waals surface area contributed by atoms with Crippen LogP contribution in [0.15, 0.2) is 24.3 Å². The van der Waals surface area contributed by atoms with Crippen molar-refractivity contribution in [3.05, 3.63) is 29.8 Å². The fourth-order valence-corrected chi connectivity index (χ4v) is 1.44. The normalized spacial score (nSPS) is 11.0. The van der Waals surface area contributed by atoms with Crippen molar-refractivity contribution in [3.63, 3.8) is 0 Å². The van der Waals surface area contributed by atoms with E-state index in [1.54, 1.807) is 0 Å².